The maximum absolute atomic E-state index is 12.4. The van der Waals surface area contributed by atoms with E-state index in [1.807, 2.05) is 63.3 Å². The van der Waals surface area contributed by atoms with E-state index in [1.54, 1.807) is 10.6 Å². The van der Waals surface area contributed by atoms with Crippen LogP contribution in [0.15, 0.2) is 59.9 Å². The summed E-state index contributed by atoms with van der Waals surface area (Å²) in [4.78, 5) is 12.4. The summed E-state index contributed by atoms with van der Waals surface area (Å²) in [6.07, 6.45) is 7.38. The Morgan fingerprint density at radius 2 is 2.04 bits per heavy atom. The van der Waals surface area contributed by atoms with Crippen molar-refractivity contribution in [2.45, 2.75) is 27.4 Å². The Morgan fingerprint density at radius 3 is 2.78 bits per heavy atom. The molecule has 23 heavy (non-hydrogen) atoms. The number of para-hydroxylation sites is 1. The predicted molar refractivity (Wildman–Crippen MR) is 96.2 cm³/mol. The second-order valence-electron chi connectivity index (χ2n) is 4.70. The van der Waals surface area contributed by atoms with Gasteiger partial charge in [0.25, 0.3) is 0 Å². The number of hydrogen-bond donors (Lipinski definition) is 1. The van der Waals surface area contributed by atoms with Gasteiger partial charge in [0.1, 0.15) is 0 Å². The van der Waals surface area contributed by atoms with Gasteiger partial charge in [-0.2, -0.15) is 4.68 Å². The lowest BCUT2D eigenvalue weighted by Crippen LogP contribution is -2.28. The molecule has 1 N–H and O–H groups in total. The average molecular weight is 310 g/mol. The number of rotatable bonds is 3. The van der Waals surface area contributed by atoms with Gasteiger partial charge in [-0.1, -0.05) is 50.8 Å². The number of fused-ring (bicyclic) bond motifs is 3. The Labute approximate surface area is 136 Å². The van der Waals surface area contributed by atoms with Gasteiger partial charge in [-0.05, 0) is 25.1 Å². The van der Waals surface area contributed by atoms with E-state index >= 15 is 0 Å². The number of anilines is 1. The number of nitrogens with zero attached hydrogens (tertiary/aromatic N) is 3. The first-order chi connectivity index (χ1) is 11.2. The summed E-state index contributed by atoms with van der Waals surface area (Å²) in [6, 6.07) is 7.81. The second kappa shape index (κ2) is 7.45. The fraction of sp³-hybridized carbons (Fsp3) is 0.222. The van der Waals surface area contributed by atoms with Crippen molar-refractivity contribution in [1.29, 1.82) is 0 Å². The molecule has 1 aromatic heterocycles. The molecule has 5 nitrogen and oxygen atoms in total. The first kappa shape index (κ1) is 16.5. The van der Waals surface area contributed by atoms with Crippen molar-refractivity contribution in [1.82, 2.24) is 14.3 Å². The van der Waals surface area contributed by atoms with Crippen LogP contribution in [-0.2, 0) is 6.67 Å². The van der Waals surface area contributed by atoms with E-state index in [0.29, 0.717) is 18.2 Å². The van der Waals surface area contributed by atoms with E-state index in [9.17, 15) is 4.79 Å². The van der Waals surface area contributed by atoms with E-state index in [0.717, 1.165) is 11.3 Å². The molecule has 120 valence electrons. The van der Waals surface area contributed by atoms with E-state index in [-0.39, 0.29) is 5.69 Å². The Balaban J connectivity index is 0.000000924. The van der Waals surface area contributed by atoms with Crippen LogP contribution in [0.3, 0.4) is 0 Å². The van der Waals surface area contributed by atoms with Gasteiger partial charge in [-0.25, -0.2) is 4.79 Å². The van der Waals surface area contributed by atoms with E-state index in [2.05, 4.69) is 17.0 Å². The smallest absolute Gasteiger partial charge is 0.352 e. The third kappa shape index (κ3) is 3.18. The fourth-order valence-electron chi connectivity index (χ4n) is 2.27. The topological polar surface area (TPSA) is 51.9 Å². The molecule has 0 saturated carbocycles. The number of allylic oxidation sites excluding steroid dienone is 5. The molecular weight excluding hydrogens is 288 g/mol. The molecular formula is C18H22N4O. The predicted octanol–water partition coefficient (Wildman–Crippen LogP) is 3.72. The summed E-state index contributed by atoms with van der Waals surface area (Å²) in [6.45, 7) is 10.2. The van der Waals surface area contributed by atoms with Crippen molar-refractivity contribution in [3.63, 3.8) is 0 Å². The highest BCUT2D eigenvalue weighted by atomic mass is 16.2. The van der Waals surface area contributed by atoms with Crippen LogP contribution in [0, 0.1) is 0 Å². The molecule has 2 heterocycles. The highest BCUT2D eigenvalue weighted by Crippen LogP contribution is 2.29. The first-order valence-electron chi connectivity index (χ1n) is 7.74. The molecule has 3 rings (SSSR count). The summed E-state index contributed by atoms with van der Waals surface area (Å²) in [5.74, 6) is 0.662. The summed E-state index contributed by atoms with van der Waals surface area (Å²) in [7, 11) is 0. The van der Waals surface area contributed by atoms with Crippen molar-refractivity contribution in [2.24, 2.45) is 0 Å². The van der Waals surface area contributed by atoms with Gasteiger partial charge < -0.3 is 5.32 Å². The van der Waals surface area contributed by atoms with Crippen molar-refractivity contribution in [2.75, 3.05) is 5.32 Å². The molecule has 1 aromatic carbocycles. The zero-order valence-electron chi connectivity index (χ0n) is 13.8. The molecule has 1 aliphatic heterocycles. The summed E-state index contributed by atoms with van der Waals surface area (Å²) >= 11 is 0. The number of aromatic nitrogens is 3. The van der Waals surface area contributed by atoms with Crippen molar-refractivity contribution < 1.29 is 0 Å². The Morgan fingerprint density at radius 1 is 1.30 bits per heavy atom. The lowest BCUT2D eigenvalue weighted by atomic mass is 10.1. The maximum Gasteiger partial charge on any atom is 0.352 e. The monoisotopic (exact) mass is 310 g/mol. The van der Waals surface area contributed by atoms with Gasteiger partial charge >= 0.3 is 5.69 Å². The molecule has 0 spiro atoms. The Bertz CT molecular complexity index is 809. The van der Waals surface area contributed by atoms with Gasteiger partial charge in [0, 0.05) is 11.3 Å². The molecule has 0 fully saturated rings. The average Bonchev–Trinajstić information content (AvgIpc) is 2.94. The van der Waals surface area contributed by atoms with Crippen molar-refractivity contribution in [3.05, 3.63) is 65.6 Å². The summed E-state index contributed by atoms with van der Waals surface area (Å²) < 4.78 is 2.94. The van der Waals surface area contributed by atoms with Crippen LogP contribution < -0.4 is 11.0 Å². The minimum atomic E-state index is -0.192. The zero-order chi connectivity index (χ0) is 16.8. The molecule has 0 atom stereocenters. The van der Waals surface area contributed by atoms with Gasteiger partial charge in [0.05, 0.1) is 12.4 Å². The molecule has 0 aliphatic carbocycles. The first-order valence-corrected chi connectivity index (χ1v) is 7.74. The quantitative estimate of drug-likeness (QED) is 0.879. The van der Waals surface area contributed by atoms with Crippen LogP contribution in [0.4, 0.5) is 5.69 Å². The van der Waals surface area contributed by atoms with Gasteiger partial charge in [0.2, 0.25) is 0 Å². The SMILES string of the molecule is C=C(/C=C\C=C/C)n1nc2n(c1=O)CNc1ccccc1-2.CC. The zero-order valence-corrected chi connectivity index (χ0v) is 13.8. The molecule has 1 aliphatic rings. The highest BCUT2D eigenvalue weighted by Gasteiger charge is 2.21. The lowest BCUT2D eigenvalue weighted by Gasteiger charge is -2.17. The normalized spacial score (nSPS) is 12.3. The fourth-order valence-corrected chi connectivity index (χ4v) is 2.27. The Hall–Kier alpha value is -2.82. The summed E-state index contributed by atoms with van der Waals surface area (Å²) in [5.41, 5.74) is 2.25. The van der Waals surface area contributed by atoms with Crippen LogP contribution in [0.25, 0.3) is 17.1 Å². The molecule has 2 aromatic rings. The lowest BCUT2D eigenvalue weighted by molar-refractivity contribution is 0.723. The van der Waals surface area contributed by atoms with Gasteiger partial charge in [-0.15, -0.1) is 5.10 Å². The standard InChI is InChI=1S/C16H16N4O.C2H6/c1-3-4-5-8-12(2)20-16(21)19-11-17-14-10-7-6-9-13(14)15(19)18-20;1-2/h3-10,17H,2,11H2,1H3;1-2H3/b4-3-,8-5-;. The van der Waals surface area contributed by atoms with Gasteiger partial charge in [-0.3, -0.25) is 4.57 Å². The van der Waals surface area contributed by atoms with Crippen LogP contribution in [0.1, 0.15) is 20.8 Å². The van der Waals surface area contributed by atoms with E-state index < -0.39 is 0 Å². The van der Waals surface area contributed by atoms with Crippen molar-refractivity contribution >= 4 is 11.4 Å². The van der Waals surface area contributed by atoms with Crippen LogP contribution in [0.2, 0.25) is 0 Å². The molecule has 0 amide bonds. The van der Waals surface area contributed by atoms with Crippen LogP contribution in [0.5, 0.6) is 0 Å². The molecule has 5 heteroatoms. The van der Waals surface area contributed by atoms with E-state index in [4.69, 9.17) is 0 Å². The summed E-state index contributed by atoms with van der Waals surface area (Å²) in [5, 5.41) is 7.64. The molecule has 0 saturated heterocycles. The molecule has 0 unspecified atom stereocenters. The number of hydrogen-bond acceptors (Lipinski definition) is 3. The largest absolute Gasteiger partial charge is 0.367 e. The molecule has 0 bridgehead atoms. The minimum Gasteiger partial charge on any atom is -0.367 e. The van der Waals surface area contributed by atoms with Crippen LogP contribution >= 0.6 is 0 Å². The van der Waals surface area contributed by atoms with E-state index in [1.165, 1.54) is 4.68 Å². The minimum absolute atomic E-state index is 0.192. The third-order valence-corrected chi connectivity index (χ3v) is 3.32. The number of nitrogens with one attached hydrogen (secondary N) is 1. The second-order valence-corrected chi connectivity index (χ2v) is 4.70. The Kier molecular flexibility index (Phi) is 5.36. The number of benzene rings is 1. The third-order valence-electron chi connectivity index (χ3n) is 3.32. The molecule has 0 radical (unpaired) electrons. The van der Waals surface area contributed by atoms with Crippen molar-refractivity contribution in [3.8, 4) is 11.4 Å². The van der Waals surface area contributed by atoms with Crippen LogP contribution in [-0.4, -0.2) is 14.3 Å². The van der Waals surface area contributed by atoms with Gasteiger partial charge in [0.15, 0.2) is 5.82 Å². The maximum atomic E-state index is 12.4. The highest BCUT2D eigenvalue weighted by molar-refractivity contribution is 5.75.